The maximum atomic E-state index is 12.5. The van der Waals surface area contributed by atoms with Crippen LogP contribution in [-0.4, -0.2) is 49.9 Å². The Morgan fingerprint density at radius 1 is 0.542 bits per heavy atom. The van der Waals surface area contributed by atoms with Crippen LogP contribution in [0.25, 0.3) is 0 Å². The summed E-state index contributed by atoms with van der Waals surface area (Å²) in [7, 11) is -4.26. The summed E-state index contributed by atoms with van der Waals surface area (Å²) in [4.78, 5) is 22.4. The van der Waals surface area contributed by atoms with Crippen molar-refractivity contribution in [2.75, 3.05) is 33.0 Å². The normalized spacial score (nSPS) is 13.5. The first kappa shape index (κ1) is 47.5. The van der Waals surface area contributed by atoms with Crippen molar-refractivity contribution >= 4 is 13.8 Å². The van der Waals surface area contributed by atoms with Crippen molar-refractivity contribution in [3.63, 3.8) is 0 Å². The number of hydrogen-bond donors (Lipinski definition) is 2. The van der Waals surface area contributed by atoms with Gasteiger partial charge in [0.15, 0.2) is 0 Å². The molecule has 0 heterocycles. The summed E-state index contributed by atoms with van der Waals surface area (Å²) in [5.41, 5.74) is 5.36. The van der Waals surface area contributed by atoms with Crippen LogP contribution in [0.4, 0.5) is 0 Å². The molecule has 0 bridgehead atoms. The van der Waals surface area contributed by atoms with Gasteiger partial charge >= 0.3 is 13.8 Å². The van der Waals surface area contributed by atoms with Gasteiger partial charge in [-0.05, 0) is 12.8 Å². The molecule has 0 aliphatic carbocycles. The maximum absolute atomic E-state index is 12.5. The predicted octanol–water partition coefficient (Wildman–Crippen LogP) is 11.7. The Bertz CT molecular complexity index is 712. The lowest BCUT2D eigenvalue weighted by Gasteiger charge is -2.20. The highest BCUT2D eigenvalue weighted by Gasteiger charge is 2.25. The molecule has 0 spiro atoms. The van der Waals surface area contributed by atoms with Crippen molar-refractivity contribution in [2.45, 2.75) is 213 Å². The predicted molar refractivity (Wildman–Crippen MR) is 201 cm³/mol. The van der Waals surface area contributed by atoms with E-state index in [2.05, 4.69) is 13.8 Å². The number of carbonyl (C=O) groups excluding carboxylic acids is 1. The van der Waals surface area contributed by atoms with E-state index in [9.17, 15) is 14.3 Å². The highest BCUT2D eigenvalue weighted by molar-refractivity contribution is 7.47. The standard InChI is InChI=1S/C39H80NO7P/c1-3-5-7-9-11-13-15-17-19-21-23-25-27-29-31-34-44-36-38(37-46-48(42,43)45-35-33-40)47-39(41)32-30-28-26-24-22-20-18-16-14-12-10-8-6-4-2/h38H,3-37,40H2,1-2H3,(H,42,43). The molecule has 2 unspecified atom stereocenters. The van der Waals surface area contributed by atoms with E-state index >= 15 is 0 Å². The SMILES string of the molecule is CCCCCCCCCCCCCCCCCOCC(COP(=O)(O)OCCN)OC(=O)CCCCCCCCCCCCCCCC. The zero-order chi connectivity index (χ0) is 35.2. The topological polar surface area (TPSA) is 117 Å². The average molecular weight is 706 g/mol. The van der Waals surface area contributed by atoms with Crippen molar-refractivity contribution in [3.8, 4) is 0 Å². The third-order valence-corrected chi connectivity index (χ3v) is 10.0. The molecule has 0 radical (unpaired) electrons. The monoisotopic (exact) mass is 706 g/mol. The molecule has 0 fully saturated rings. The van der Waals surface area contributed by atoms with E-state index in [4.69, 9.17) is 24.3 Å². The molecule has 48 heavy (non-hydrogen) atoms. The lowest BCUT2D eigenvalue weighted by atomic mass is 10.0. The minimum atomic E-state index is -4.26. The van der Waals surface area contributed by atoms with Gasteiger partial charge in [0, 0.05) is 19.6 Å². The quantitative estimate of drug-likeness (QED) is 0.0367. The van der Waals surface area contributed by atoms with Crippen LogP contribution in [0.2, 0.25) is 0 Å². The van der Waals surface area contributed by atoms with Crippen molar-refractivity contribution < 1.29 is 32.8 Å². The molecule has 8 nitrogen and oxygen atoms in total. The highest BCUT2D eigenvalue weighted by Crippen LogP contribution is 2.43. The van der Waals surface area contributed by atoms with Crippen LogP contribution in [0.1, 0.15) is 206 Å². The van der Waals surface area contributed by atoms with E-state index in [-0.39, 0.29) is 32.3 Å². The number of nitrogens with two attached hydrogens (primary N) is 1. The lowest BCUT2D eigenvalue weighted by Crippen LogP contribution is -2.28. The molecule has 288 valence electrons. The van der Waals surface area contributed by atoms with Gasteiger partial charge in [-0.15, -0.1) is 0 Å². The summed E-state index contributed by atoms with van der Waals surface area (Å²) < 4.78 is 33.4. The molecule has 0 aromatic heterocycles. The molecule has 9 heteroatoms. The van der Waals surface area contributed by atoms with Crippen LogP contribution in [0.5, 0.6) is 0 Å². The fraction of sp³-hybridized carbons (Fsp3) is 0.974. The molecule has 0 aromatic rings. The Morgan fingerprint density at radius 3 is 1.31 bits per heavy atom. The van der Waals surface area contributed by atoms with Gasteiger partial charge in [-0.3, -0.25) is 13.8 Å². The van der Waals surface area contributed by atoms with Crippen LogP contribution in [0.3, 0.4) is 0 Å². The molecule has 2 atom stereocenters. The summed E-state index contributed by atoms with van der Waals surface area (Å²) in [5.74, 6) is -0.325. The lowest BCUT2D eigenvalue weighted by molar-refractivity contribution is -0.154. The van der Waals surface area contributed by atoms with Crippen LogP contribution >= 0.6 is 7.82 Å². The Hall–Kier alpha value is -0.500. The summed E-state index contributed by atoms with van der Waals surface area (Å²) in [5, 5.41) is 0. The molecule has 0 aliphatic heterocycles. The number of carbonyl (C=O) groups is 1. The smallest absolute Gasteiger partial charge is 0.457 e. The minimum absolute atomic E-state index is 0.0902. The molecule has 0 amide bonds. The molecule has 0 saturated heterocycles. The third kappa shape index (κ3) is 36.8. The number of esters is 1. The fourth-order valence-corrected chi connectivity index (χ4v) is 6.76. The number of hydrogen-bond acceptors (Lipinski definition) is 7. The second-order valence-electron chi connectivity index (χ2n) is 13.9. The first-order valence-corrected chi connectivity index (χ1v) is 22.0. The van der Waals surface area contributed by atoms with Gasteiger partial charge in [0.2, 0.25) is 0 Å². The van der Waals surface area contributed by atoms with Crippen molar-refractivity contribution in [1.29, 1.82) is 0 Å². The first-order chi connectivity index (χ1) is 23.4. The number of phosphoric acid groups is 1. The summed E-state index contributed by atoms with van der Waals surface area (Å²) in [6, 6.07) is 0. The summed E-state index contributed by atoms with van der Waals surface area (Å²) in [6.07, 6.45) is 36.8. The Morgan fingerprint density at radius 2 is 0.917 bits per heavy atom. The fourth-order valence-electron chi connectivity index (χ4n) is 6.00. The van der Waals surface area contributed by atoms with Crippen LogP contribution < -0.4 is 5.73 Å². The Balaban J connectivity index is 4.01. The molecule has 0 aliphatic rings. The summed E-state index contributed by atoms with van der Waals surface area (Å²) in [6.45, 7) is 4.97. The minimum Gasteiger partial charge on any atom is -0.457 e. The Kier molecular flexibility index (Phi) is 37.4. The number of unbranched alkanes of at least 4 members (excludes halogenated alkanes) is 27. The number of ether oxygens (including phenoxy) is 2. The van der Waals surface area contributed by atoms with E-state index in [1.807, 2.05) is 0 Å². The van der Waals surface area contributed by atoms with Gasteiger partial charge in [0.05, 0.1) is 19.8 Å². The third-order valence-electron chi connectivity index (χ3n) is 9.02. The molecule has 0 rings (SSSR count). The van der Waals surface area contributed by atoms with Crippen molar-refractivity contribution in [3.05, 3.63) is 0 Å². The second kappa shape index (κ2) is 37.7. The van der Waals surface area contributed by atoms with Gasteiger partial charge in [-0.2, -0.15) is 0 Å². The van der Waals surface area contributed by atoms with E-state index in [1.54, 1.807) is 0 Å². The molecule has 0 aromatic carbocycles. The highest BCUT2D eigenvalue weighted by atomic mass is 31.2. The van der Waals surface area contributed by atoms with Crippen molar-refractivity contribution in [2.24, 2.45) is 5.73 Å². The zero-order valence-corrected chi connectivity index (χ0v) is 32.6. The van der Waals surface area contributed by atoms with Crippen LogP contribution in [0, 0.1) is 0 Å². The maximum Gasteiger partial charge on any atom is 0.472 e. The first-order valence-electron chi connectivity index (χ1n) is 20.5. The van der Waals surface area contributed by atoms with Gasteiger partial charge in [-0.25, -0.2) is 4.57 Å². The molecule has 0 saturated carbocycles. The second-order valence-corrected chi connectivity index (χ2v) is 15.3. The molecular weight excluding hydrogens is 625 g/mol. The van der Waals surface area contributed by atoms with Crippen LogP contribution in [0.15, 0.2) is 0 Å². The van der Waals surface area contributed by atoms with Gasteiger partial charge < -0.3 is 20.1 Å². The number of rotatable bonds is 40. The van der Waals surface area contributed by atoms with E-state index < -0.39 is 13.9 Å². The number of phosphoric ester groups is 1. The average Bonchev–Trinajstić information content (AvgIpc) is 3.07. The van der Waals surface area contributed by atoms with Gasteiger partial charge in [-0.1, -0.05) is 187 Å². The largest absolute Gasteiger partial charge is 0.472 e. The van der Waals surface area contributed by atoms with Crippen LogP contribution in [-0.2, 0) is 27.9 Å². The van der Waals surface area contributed by atoms with Crippen molar-refractivity contribution in [1.82, 2.24) is 0 Å². The molecule has 3 N–H and O–H groups in total. The van der Waals surface area contributed by atoms with E-state index in [0.29, 0.717) is 13.0 Å². The Labute approximate surface area is 297 Å². The van der Waals surface area contributed by atoms with Gasteiger partial charge in [0.25, 0.3) is 0 Å². The summed E-state index contributed by atoms with van der Waals surface area (Å²) >= 11 is 0. The van der Waals surface area contributed by atoms with E-state index in [0.717, 1.165) is 32.1 Å². The van der Waals surface area contributed by atoms with E-state index in [1.165, 1.54) is 154 Å². The molecular formula is C39H80NO7P. The van der Waals surface area contributed by atoms with Gasteiger partial charge in [0.1, 0.15) is 6.10 Å². The zero-order valence-electron chi connectivity index (χ0n) is 31.7.